The maximum atomic E-state index is 12.4. The van der Waals surface area contributed by atoms with E-state index in [9.17, 15) is 4.79 Å². The Morgan fingerprint density at radius 1 is 1.56 bits per heavy atom. The molecule has 0 aliphatic heterocycles. The van der Waals surface area contributed by atoms with E-state index in [4.69, 9.17) is 17.3 Å². The van der Waals surface area contributed by atoms with Crippen LogP contribution < -0.4 is 5.73 Å². The van der Waals surface area contributed by atoms with E-state index in [1.807, 2.05) is 4.90 Å². The van der Waals surface area contributed by atoms with Crippen LogP contribution in [0.4, 0.5) is 5.82 Å². The number of halogens is 1. The second-order valence-electron chi connectivity index (χ2n) is 4.80. The summed E-state index contributed by atoms with van der Waals surface area (Å²) >= 11 is 5.83. The van der Waals surface area contributed by atoms with E-state index in [2.05, 4.69) is 11.9 Å². The molecule has 0 radical (unpaired) electrons. The van der Waals surface area contributed by atoms with Gasteiger partial charge in [-0.2, -0.15) is 0 Å². The number of nitrogens with two attached hydrogens (primary N) is 1. The van der Waals surface area contributed by atoms with Crippen LogP contribution in [0.2, 0.25) is 5.15 Å². The standard InChI is InChI=1S/C13H18ClN3O/c1-2-5-17(8-9-3-4-9)13(18)10-6-11(14)16-12(15)7-10/h6-7,9H,2-5,8H2,1H3,(H2,15,16). The van der Waals surface area contributed by atoms with E-state index in [0.29, 0.717) is 11.5 Å². The van der Waals surface area contributed by atoms with Crippen LogP contribution in [0, 0.1) is 5.92 Å². The molecule has 1 aliphatic carbocycles. The van der Waals surface area contributed by atoms with Gasteiger partial charge in [-0.1, -0.05) is 18.5 Å². The summed E-state index contributed by atoms with van der Waals surface area (Å²) in [6.45, 7) is 3.68. The molecule has 1 aromatic heterocycles. The van der Waals surface area contributed by atoms with Crippen LogP contribution in [-0.4, -0.2) is 28.9 Å². The molecule has 2 rings (SSSR count). The molecule has 4 nitrogen and oxygen atoms in total. The summed E-state index contributed by atoms with van der Waals surface area (Å²) in [6, 6.07) is 3.17. The zero-order valence-electron chi connectivity index (χ0n) is 10.5. The molecule has 1 fully saturated rings. The molecule has 1 saturated carbocycles. The largest absolute Gasteiger partial charge is 0.384 e. The molecule has 0 spiro atoms. The van der Waals surface area contributed by atoms with E-state index < -0.39 is 0 Å². The van der Waals surface area contributed by atoms with Crippen molar-refractivity contribution in [1.82, 2.24) is 9.88 Å². The van der Waals surface area contributed by atoms with Crippen molar-refractivity contribution in [3.8, 4) is 0 Å². The molecule has 1 amide bonds. The Kier molecular flexibility index (Phi) is 4.07. The Hall–Kier alpha value is -1.29. The van der Waals surface area contributed by atoms with Crippen LogP contribution in [0.15, 0.2) is 12.1 Å². The number of rotatable bonds is 5. The van der Waals surface area contributed by atoms with Crippen molar-refractivity contribution < 1.29 is 4.79 Å². The van der Waals surface area contributed by atoms with E-state index in [0.717, 1.165) is 19.5 Å². The Labute approximate surface area is 112 Å². The first-order valence-corrected chi connectivity index (χ1v) is 6.70. The molecule has 5 heteroatoms. The molecule has 0 unspecified atom stereocenters. The molecule has 18 heavy (non-hydrogen) atoms. The highest BCUT2D eigenvalue weighted by Gasteiger charge is 2.27. The van der Waals surface area contributed by atoms with Gasteiger partial charge in [0.05, 0.1) is 0 Å². The maximum absolute atomic E-state index is 12.4. The van der Waals surface area contributed by atoms with Gasteiger partial charge in [0.1, 0.15) is 11.0 Å². The fourth-order valence-electron chi connectivity index (χ4n) is 1.98. The van der Waals surface area contributed by atoms with Gasteiger partial charge in [-0.25, -0.2) is 4.98 Å². The van der Waals surface area contributed by atoms with Crippen LogP contribution in [0.1, 0.15) is 36.5 Å². The zero-order valence-corrected chi connectivity index (χ0v) is 11.3. The molecular weight excluding hydrogens is 250 g/mol. The van der Waals surface area contributed by atoms with Crippen molar-refractivity contribution in [3.63, 3.8) is 0 Å². The molecule has 0 bridgehead atoms. The number of hydrogen-bond donors (Lipinski definition) is 1. The Morgan fingerprint density at radius 3 is 2.83 bits per heavy atom. The number of pyridine rings is 1. The van der Waals surface area contributed by atoms with Crippen LogP contribution >= 0.6 is 11.6 Å². The van der Waals surface area contributed by atoms with Crippen molar-refractivity contribution in [2.75, 3.05) is 18.8 Å². The van der Waals surface area contributed by atoms with Gasteiger partial charge in [0.25, 0.3) is 5.91 Å². The van der Waals surface area contributed by atoms with Gasteiger partial charge < -0.3 is 10.6 Å². The smallest absolute Gasteiger partial charge is 0.254 e. The number of nitrogen functional groups attached to an aromatic ring is 1. The zero-order chi connectivity index (χ0) is 13.1. The highest BCUT2D eigenvalue weighted by atomic mass is 35.5. The predicted molar refractivity (Wildman–Crippen MR) is 72.6 cm³/mol. The van der Waals surface area contributed by atoms with E-state index in [-0.39, 0.29) is 16.9 Å². The number of amides is 1. The summed E-state index contributed by atoms with van der Waals surface area (Å²) < 4.78 is 0. The average molecular weight is 268 g/mol. The van der Waals surface area contributed by atoms with Gasteiger partial charge in [0, 0.05) is 18.7 Å². The number of carbonyl (C=O) groups excluding carboxylic acids is 1. The highest BCUT2D eigenvalue weighted by Crippen LogP contribution is 2.30. The molecule has 1 aromatic rings. The highest BCUT2D eigenvalue weighted by molar-refractivity contribution is 6.29. The van der Waals surface area contributed by atoms with Gasteiger partial charge in [-0.3, -0.25) is 4.79 Å². The minimum atomic E-state index is -0.000231. The van der Waals surface area contributed by atoms with Crippen molar-refractivity contribution in [3.05, 3.63) is 22.8 Å². The van der Waals surface area contributed by atoms with Gasteiger partial charge in [-0.15, -0.1) is 0 Å². The lowest BCUT2D eigenvalue weighted by atomic mass is 10.2. The molecule has 1 heterocycles. The Bertz CT molecular complexity index is 426. The van der Waals surface area contributed by atoms with Crippen molar-refractivity contribution in [2.24, 2.45) is 5.92 Å². The van der Waals surface area contributed by atoms with Crippen LogP contribution in [0.25, 0.3) is 0 Å². The van der Waals surface area contributed by atoms with Crippen LogP contribution in [0.5, 0.6) is 0 Å². The minimum absolute atomic E-state index is 0.000231. The number of hydrogen-bond acceptors (Lipinski definition) is 3. The fraction of sp³-hybridized carbons (Fsp3) is 0.538. The van der Waals surface area contributed by atoms with E-state index in [1.165, 1.54) is 12.8 Å². The van der Waals surface area contributed by atoms with Crippen molar-refractivity contribution in [2.45, 2.75) is 26.2 Å². The normalized spacial score (nSPS) is 14.6. The first kappa shape index (κ1) is 13.1. The lowest BCUT2D eigenvalue weighted by Crippen LogP contribution is -2.33. The molecule has 1 aliphatic rings. The summed E-state index contributed by atoms with van der Waals surface area (Å²) in [6.07, 6.45) is 3.41. The monoisotopic (exact) mass is 267 g/mol. The van der Waals surface area contributed by atoms with E-state index >= 15 is 0 Å². The lowest BCUT2D eigenvalue weighted by molar-refractivity contribution is 0.0747. The topological polar surface area (TPSA) is 59.2 Å². The van der Waals surface area contributed by atoms with Gasteiger partial charge in [-0.05, 0) is 37.3 Å². The maximum Gasteiger partial charge on any atom is 0.254 e. The van der Waals surface area contributed by atoms with Crippen LogP contribution in [0.3, 0.4) is 0 Å². The summed E-state index contributed by atoms with van der Waals surface area (Å²) in [4.78, 5) is 18.1. The molecular formula is C13H18ClN3O. The number of aromatic nitrogens is 1. The molecule has 98 valence electrons. The second-order valence-corrected chi connectivity index (χ2v) is 5.19. The summed E-state index contributed by atoms with van der Waals surface area (Å²) in [5.41, 5.74) is 6.15. The van der Waals surface area contributed by atoms with Gasteiger partial charge in [0.15, 0.2) is 0 Å². The van der Waals surface area contributed by atoms with Crippen molar-refractivity contribution in [1.29, 1.82) is 0 Å². The fourth-order valence-corrected chi connectivity index (χ4v) is 2.20. The Morgan fingerprint density at radius 2 is 2.28 bits per heavy atom. The minimum Gasteiger partial charge on any atom is -0.384 e. The summed E-state index contributed by atoms with van der Waals surface area (Å²) in [7, 11) is 0. The first-order chi connectivity index (χ1) is 8.60. The van der Waals surface area contributed by atoms with Crippen LogP contribution in [-0.2, 0) is 0 Å². The van der Waals surface area contributed by atoms with Gasteiger partial charge in [0.2, 0.25) is 0 Å². The molecule has 0 atom stereocenters. The van der Waals surface area contributed by atoms with Crippen molar-refractivity contribution >= 4 is 23.3 Å². The number of nitrogens with zero attached hydrogens (tertiary/aromatic N) is 2. The Balaban J connectivity index is 2.14. The number of anilines is 1. The molecule has 0 aromatic carbocycles. The van der Waals surface area contributed by atoms with Gasteiger partial charge >= 0.3 is 0 Å². The number of carbonyl (C=O) groups is 1. The third-order valence-corrected chi connectivity index (χ3v) is 3.21. The summed E-state index contributed by atoms with van der Waals surface area (Å²) in [5, 5.41) is 0.265. The second kappa shape index (κ2) is 5.57. The average Bonchev–Trinajstić information content (AvgIpc) is 3.10. The molecule has 2 N–H and O–H groups in total. The third-order valence-electron chi connectivity index (χ3n) is 3.02. The predicted octanol–water partition coefficient (Wildman–Crippen LogP) is 2.58. The third kappa shape index (κ3) is 3.35. The first-order valence-electron chi connectivity index (χ1n) is 6.32. The quantitative estimate of drug-likeness (QED) is 0.834. The van der Waals surface area contributed by atoms with E-state index in [1.54, 1.807) is 12.1 Å². The summed E-state index contributed by atoms with van der Waals surface area (Å²) in [5.74, 6) is 0.962. The lowest BCUT2D eigenvalue weighted by Gasteiger charge is -2.22. The molecule has 0 saturated heterocycles. The SMILES string of the molecule is CCCN(CC1CC1)C(=O)c1cc(N)nc(Cl)c1.